The molecule has 0 saturated carbocycles. The Bertz CT molecular complexity index is 1340. The number of fused-ring (bicyclic) bond motifs is 1. The first kappa shape index (κ1) is 12.9. The van der Waals surface area contributed by atoms with E-state index in [2.05, 4.69) is 9.97 Å². The van der Waals surface area contributed by atoms with Gasteiger partial charge in [0.05, 0.1) is 23.8 Å². The normalized spacial score (nSPS) is 13.1. The summed E-state index contributed by atoms with van der Waals surface area (Å²) in [6, 6.07) is 4.53. The summed E-state index contributed by atoms with van der Waals surface area (Å²) < 4.78 is 46.6. The molecule has 0 atom stereocenters. The molecule has 0 fully saturated rings. The summed E-state index contributed by atoms with van der Waals surface area (Å²) in [5.74, 6) is -1.04. The molecule has 5 heteroatoms. The molecule has 0 aliphatic heterocycles. The largest absolute Gasteiger partial charge is 0.331 e. The predicted molar refractivity (Wildman–Crippen MR) is 103 cm³/mol. The standard InChI is InChI=1S/C22H18FN3O/c1-14-24-13-21(26(14)2)16-3-4-17-12-25-20(10-18(17)9-16)11-22(27)15-5-7-19(23)8-6-15/h3-10,12-13H,11H2,1-2H3/i5D,6D,7D,8D. The van der Waals surface area contributed by atoms with E-state index in [1.54, 1.807) is 18.5 Å². The number of Topliss-reactive ketones (excluding diaryl/α,β-unsaturated/α-hetero) is 1. The zero-order chi connectivity index (χ0) is 22.4. The Balaban J connectivity index is 1.71. The molecule has 2 aromatic carbocycles. The van der Waals surface area contributed by atoms with Crippen LogP contribution < -0.4 is 0 Å². The van der Waals surface area contributed by atoms with Crippen LogP contribution in [0.25, 0.3) is 22.0 Å². The number of benzene rings is 2. The van der Waals surface area contributed by atoms with Gasteiger partial charge in [-0.05, 0) is 48.6 Å². The van der Waals surface area contributed by atoms with Crippen LogP contribution in [-0.4, -0.2) is 20.3 Å². The van der Waals surface area contributed by atoms with Crippen molar-refractivity contribution in [1.82, 2.24) is 14.5 Å². The van der Waals surface area contributed by atoms with Crippen molar-refractivity contribution in [1.29, 1.82) is 0 Å². The van der Waals surface area contributed by atoms with Gasteiger partial charge in [-0.1, -0.05) is 12.1 Å². The Labute approximate surface area is 161 Å². The maximum Gasteiger partial charge on any atom is 0.168 e. The van der Waals surface area contributed by atoms with Gasteiger partial charge < -0.3 is 4.57 Å². The number of hydrogen-bond acceptors (Lipinski definition) is 3. The minimum atomic E-state index is -1.27. The number of carbonyl (C=O) groups is 1. The maximum atomic E-state index is 13.8. The molecule has 0 unspecified atom stereocenters. The topological polar surface area (TPSA) is 47.8 Å². The van der Waals surface area contributed by atoms with E-state index in [1.165, 1.54) is 0 Å². The molecular weight excluding hydrogens is 341 g/mol. The predicted octanol–water partition coefficient (Wildman–Crippen LogP) is 4.51. The number of rotatable bonds is 4. The second-order valence-corrected chi connectivity index (χ2v) is 6.28. The van der Waals surface area contributed by atoms with E-state index in [9.17, 15) is 9.18 Å². The van der Waals surface area contributed by atoms with Gasteiger partial charge in [-0.2, -0.15) is 0 Å². The van der Waals surface area contributed by atoms with E-state index in [4.69, 9.17) is 5.48 Å². The lowest BCUT2D eigenvalue weighted by Crippen LogP contribution is -2.05. The monoisotopic (exact) mass is 363 g/mol. The second-order valence-electron chi connectivity index (χ2n) is 6.28. The minimum absolute atomic E-state index is 0.229. The van der Waals surface area contributed by atoms with Crippen LogP contribution in [0.15, 0.2) is 60.8 Å². The van der Waals surface area contributed by atoms with Gasteiger partial charge in [-0.3, -0.25) is 9.78 Å². The fourth-order valence-corrected chi connectivity index (χ4v) is 2.90. The van der Waals surface area contributed by atoms with Gasteiger partial charge >= 0.3 is 0 Å². The average molecular weight is 363 g/mol. The molecule has 0 radical (unpaired) electrons. The number of pyridine rings is 1. The summed E-state index contributed by atoms with van der Waals surface area (Å²) in [5, 5.41) is 1.73. The van der Waals surface area contributed by atoms with E-state index in [0.29, 0.717) is 5.69 Å². The molecule has 4 nitrogen and oxygen atoms in total. The quantitative estimate of drug-likeness (QED) is 0.501. The van der Waals surface area contributed by atoms with Crippen molar-refractivity contribution in [2.45, 2.75) is 13.3 Å². The molecular formula is C22H18FN3O. The van der Waals surface area contributed by atoms with Crippen LogP contribution in [0.5, 0.6) is 0 Å². The molecule has 2 aromatic heterocycles. The third-order valence-corrected chi connectivity index (χ3v) is 4.51. The van der Waals surface area contributed by atoms with Crippen molar-refractivity contribution in [2.75, 3.05) is 0 Å². The molecule has 4 aromatic rings. The number of aryl methyl sites for hydroxylation is 1. The van der Waals surface area contributed by atoms with Crippen LogP contribution in [-0.2, 0) is 13.5 Å². The first-order valence-electron chi connectivity index (χ1n) is 10.4. The molecule has 27 heavy (non-hydrogen) atoms. The Kier molecular flexibility index (Phi) is 3.24. The van der Waals surface area contributed by atoms with Gasteiger partial charge in [0.1, 0.15) is 11.6 Å². The summed E-state index contributed by atoms with van der Waals surface area (Å²) in [6.45, 7) is 1.92. The molecule has 134 valence electrons. The number of ketones is 1. The van der Waals surface area contributed by atoms with Crippen LogP contribution in [0.2, 0.25) is 0 Å². The van der Waals surface area contributed by atoms with Crippen molar-refractivity contribution >= 4 is 16.6 Å². The lowest BCUT2D eigenvalue weighted by Gasteiger charge is -2.07. The number of hydrogen-bond donors (Lipinski definition) is 0. The van der Waals surface area contributed by atoms with Crippen LogP contribution in [0.4, 0.5) is 4.39 Å². The highest BCUT2D eigenvalue weighted by atomic mass is 19.1. The lowest BCUT2D eigenvalue weighted by atomic mass is 10.0. The molecule has 0 N–H and O–H groups in total. The first-order chi connectivity index (χ1) is 14.7. The molecule has 4 rings (SSSR count). The molecule has 0 saturated heterocycles. The molecule has 0 spiro atoms. The number of carbonyl (C=O) groups excluding carboxylic acids is 1. The Morgan fingerprint density at radius 3 is 2.59 bits per heavy atom. The number of imidazole rings is 1. The van der Waals surface area contributed by atoms with Gasteiger partial charge in [0.15, 0.2) is 5.78 Å². The third-order valence-electron chi connectivity index (χ3n) is 4.51. The van der Waals surface area contributed by atoms with Gasteiger partial charge in [0.2, 0.25) is 0 Å². The third kappa shape index (κ3) is 3.36. The van der Waals surface area contributed by atoms with E-state index in [0.717, 1.165) is 27.9 Å². The van der Waals surface area contributed by atoms with E-state index in [-0.39, 0.29) is 6.42 Å². The summed E-state index contributed by atoms with van der Waals surface area (Å²) >= 11 is 0. The smallest absolute Gasteiger partial charge is 0.168 e. The molecule has 0 bridgehead atoms. The number of halogens is 1. The summed E-state index contributed by atoms with van der Waals surface area (Å²) in [7, 11) is 1.93. The maximum absolute atomic E-state index is 13.8. The fourth-order valence-electron chi connectivity index (χ4n) is 2.90. The van der Waals surface area contributed by atoms with Crippen LogP contribution in [0, 0.1) is 12.7 Å². The molecule has 0 amide bonds. The van der Waals surface area contributed by atoms with Gasteiger partial charge in [-0.25, -0.2) is 9.37 Å². The van der Waals surface area contributed by atoms with Crippen molar-refractivity contribution in [3.8, 4) is 11.3 Å². The Morgan fingerprint density at radius 2 is 1.89 bits per heavy atom. The second kappa shape index (κ2) is 6.76. The van der Waals surface area contributed by atoms with Gasteiger partial charge in [-0.15, -0.1) is 0 Å². The van der Waals surface area contributed by atoms with Crippen molar-refractivity contribution in [2.24, 2.45) is 7.05 Å². The summed E-state index contributed by atoms with van der Waals surface area (Å²) in [6.07, 6.45) is 3.20. The van der Waals surface area contributed by atoms with Crippen molar-refractivity contribution in [3.05, 3.63) is 83.7 Å². The zero-order valence-corrected chi connectivity index (χ0v) is 14.8. The van der Waals surface area contributed by atoms with Crippen LogP contribution >= 0.6 is 0 Å². The van der Waals surface area contributed by atoms with Crippen LogP contribution in [0.3, 0.4) is 0 Å². The summed E-state index contributed by atoms with van der Waals surface area (Å²) in [4.78, 5) is 21.4. The van der Waals surface area contributed by atoms with Crippen molar-refractivity contribution in [3.63, 3.8) is 0 Å². The molecule has 2 heterocycles. The van der Waals surface area contributed by atoms with E-state index in [1.807, 2.05) is 36.7 Å². The molecule has 0 aliphatic carbocycles. The highest BCUT2D eigenvalue weighted by molar-refractivity contribution is 5.97. The average Bonchev–Trinajstić information content (AvgIpc) is 3.09. The van der Waals surface area contributed by atoms with Gasteiger partial charge in [0.25, 0.3) is 0 Å². The van der Waals surface area contributed by atoms with Gasteiger partial charge in [0, 0.05) is 35.5 Å². The van der Waals surface area contributed by atoms with Crippen molar-refractivity contribution < 1.29 is 14.7 Å². The zero-order valence-electron chi connectivity index (χ0n) is 18.8. The lowest BCUT2D eigenvalue weighted by molar-refractivity contribution is 0.0992. The highest BCUT2D eigenvalue weighted by Gasteiger charge is 2.10. The Morgan fingerprint density at radius 1 is 1.11 bits per heavy atom. The summed E-state index contributed by atoms with van der Waals surface area (Å²) in [5.41, 5.74) is 1.88. The fraction of sp³-hybridized carbons (Fsp3) is 0.136. The first-order valence-corrected chi connectivity index (χ1v) is 8.35. The van der Waals surface area contributed by atoms with Crippen LogP contribution in [0.1, 0.15) is 27.4 Å². The Hall–Kier alpha value is -3.34. The molecule has 0 aliphatic rings. The SMILES string of the molecule is [2H]c1c([2H])c(C(=O)Cc2cc3cc(-c4cnc(C)n4C)ccc3cn2)c([2H])c([2H])c1F. The van der Waals surface area contributed by atoms with E-state index < -0.39 is 41.3 Å². The van der Waals surface area contributed by atoms with E-state index >= 15 is 0 Å². The number of nitrogens with zero attached hydrogens (tertiary/aromatic N) is 3. The minimum Gasteiger partial charge on any atom is -0.331 e. The number of aromatic nitrogens is 3. The highest BCUT2D eigenvalue weighted by Crippen LogP contribution is 2.25.